The van der Waals surface area contributed by atoms with E-state index in [2.05, 4.69) is 5.32 Å². The molecule has 1 N–H and O–H groups in total. The van der Waals surface area contributed by atoms with Gasteiger partial charge in [-0.05, 0) is 42.8 Å². The number of carbonyl (C=O) groups is 1. The van der Waals surface area contributed by atoms with E-state index in [0.29, 0.717) is 33.7 Å². The number of benzene rings is 2. The van der Waals surface area contributed by atoms with Gasteiger partial charge < -0.3 is 5.32 Å². The molecule has 152 valence electrons. The van der Waals surface area contributed by atoms with Gasteiger partial charge in [-0.3, -0.25) is 4.79 Å². The number of halogens is 2. The Morgan fingerprint density at radius 1 is 1.11 bits per heavy atom. The monoisotopic (exact) mass is 460 g/mol. The molecule has 0 spiro atoms. The minimum absolute atomic E-state index is 0.118. The zero-order valence-electron chi connectivity index (χ0n) is 15.8. The smallest absolute Gasteiger partial charge is 0.243 e. The number of thioether (sulfide) groups is 1. The SMILES string of the molecule is CCN(CC)S(=O)(=O)c1ccc(C)c(NC(=O)CSc2cc(Cl)ccc2Cl)c1. The van der Waals surface area contributed by atoms with Crippen LogP contribution < -0.4 is 5.32 Å². The number of amides is 1. The van der Waals surface area contributed by atoms with Crippen molar-refractivity contribution in [1.29, 1.82) is 0 Å². The fourth-order valence-electron chi connectivity index (χ4n) is 2.53. The summed E-state index contributed by atoms with van der Waals surface area (Å²) < 4.78 is 26.8. The Hall–Kier alpha value is -1.25. The molecule has 0 atom stereocenters. The summed E-state index contributed by atoms with van der Waals surface area (Å²) in [6.07, 6.45) is 0. The van der Waals surface area contributed by atoms with E-state index in [0.717, 1.165) is 5.56 Å². The average molecular weight is 461 g/mol. The molecule has 0 aromatic heterocycles. The number of aryl methyl sites for hydroxylation is 1. The summed E-state index contributed by atoms with van der Waals surface area (Å²) in [5, 5.41) is 3.84. The number of sulfonamides is 1. The molecule has 0 aliphatic rings. The van der Waals surface area contributed by atoms with E-state index >= 15 is 0 Å². The average Bonchev–Trinajstić information content (AvgIpc) is 2.65. The zero-order chi connectivity index (χ0) is 20.9. The predicted molar refractivity (Wildman–Crippen MR) is 117 cm³/mol. The molecule has 9 heteroatoms. The van der Waals surface area contributed by atoms with Crippen LogP contribution in [0, 0.1) is 6.92 Å². The summed E-state index contributed by atoms with van der Waals surface area (Å²) >= 11 is 13.3. The van der Waals surface area contributed by atoms with E-state index in [4.69, 9.17) is 23.2 Å². The Morgan fingerprint density at radius 2 is 1.79 bits per heavy atom. The third-order valence-electron chi connectivity index (χ3n) is 4.08. The summed E-state index contributed by atoms with van der Waals surface area (Å²) in [6.45, 7) is 6.15. The van der Waals surface area contributed by atoms with Gasteiger partial charge in [-0.1, -0.05) is 43.1 Å². The highest BCUT2D eigenvalue weighted by molar-refractivity contribution is 8.00. The van der Waals surface area contributed by atoms with E-state index in [9.17, 15) is 13.2 Å². The van der Waals surface area contributed by atoms with Crippen LogP contribution in [-0.2, 0) is 14.8 Å². The zero-order valence-corrected chi connectivity index (χ0v) is 19.0. The van der Waals surface area contributed by atoms with Crippen LogP contribution in [0.4, 0.5) is 5.69 Å². The molecule has 0 bridgehead atoms. The normalized spacial score (nSPS) is 11.6. The van der Waals surface area contributed by atoms with E-state index in [-0.39, 0.29) is 16.6 Å². The van der Waals surface area contributed by atoms with Gasteiger partial charge in [0, 0.05) is 28.7 Å². The fraction of sp³-hybridized carbons (Fsp3) is 0.316. The highest BCUT2D eigenvalue weighted by Crippen LogP contribution is 2.30. The van der Waals surface area contributed by atoms with Crippen LogP contribution in [0.15, 0.2) is 46.2 Å². The molecule has 0 saturated heterocycles. The van der Waals surface area contributed by atoms with E-state index < -0.39 is 10.0 Å². The molecular formula is C19H22Cl2N2O3S2. The fourth-order valence-corrected chi connectivity index (χ4v) is 5.30. The van der Waals surface area contributed by atoms with Crippen LogP contribution in [0.3, 0.4) is 0 Å². The molecule has 2 rings (SSSR count). The lowest BCUT2D eigenvalue weighted by Gasteiger charge is -2.19. The molecule has 1 amide bonds. The molecule has 0 aliphatic heterocycles. The Morgan fingerprint density at radius 3 is 2.43 bits per heavy atom. The number of carbonyl (C=O) groups excluding carboxylic acids is 1. The van der Waals surface area contributed by atoms with Gasteiger partial charge in [0.25, 0.3) is 0 Å². The van der Waals surface area contributed by atoms with Gasteiger partial charge in [-0.15, -0.1) is 11.8 Å². The molecule has 28 heavy (non-hydrogen) atoms. The number of hydrogen-bond acceptors (Lipinski definition) is 4. The van der Waals surface area contributed by atoms with E-state index in [1.165, 1.54) is 22.1 Å². The molecule has 2 aromatic rings. The quantitative estimate of drug-likeness (QED) is 0.558. The first-order valence-corrected chi connectivity index (χ1v) is 11.9. The number of nitrogens with one attached hydrogen (secondary N) is 1. The highest BCUT2D eigenvalue weighted by atomic mass is 35.5. The maximum Gasteiger partial charge on any atom is 0.243 e. The van der Waals surface area contributed by atoms with Gasteiger partial charge in [-0.2, -0.15) is 4.31 Å². The summed E-state index contributed by atoms with van der Waals surface area (Å²) in [4.78, 5) is 13.2. The Kier molecular flexibility index (Phi) is 8.21. The number of hydrogen-bond donors (Lipinski definition) is 1. The summed E-state index contributed by atoms with van der Waals surface area (Å²) in [5.41, 5.74) is 1.24. The molecule has 0 aliphatic carbocycles. The van der Waals surface area contributed by atoms with Gasteiger partial charge in [-0.25, -0.2) is 8.42 Å². The van der Waals surface area contributed by atoms with Crippen molar-refractivity contribution >= 4 is 56.6 Å². The molecule has 2 aromatic carbocycles. The second-order valence-electron chi connectivity index (χ2n) is 5.98. The van der Waals surface area contributed by atoms with Gasteiger partial charge in [0.1, 0.15) is 0 Å². The molecule has 5 nitrogen and oxygen atoms in total. The van der Waals surface area contributed by atoms with E-state index in [1.807, 2.05) is 6.92 Å². The van der Waals surface area contributed by atoms with Gasteiger partial charge >= 0.3 is 0 Å². The van der Waals surface area contributed by atoms with Crippen LogP contribution in [0.25, 0.3) is 0 Å². The van der Waals surface area contributed by atoms with Crippen LogP contribution in [0.2, 0.25) is 10.0 Å². The standard InChI is InChI=1S/C19H22Cl2N2O3S2/c1-4-23(5-2)28(25,26)15-8-6-13(3)17(11-15)22-19(24)12-27-18-10-14(20)7-9-16(18)21/h6-11H,4-5,12H2,1-3H3,(H,22,24). The molecule has 0 unspecified atom stereocenters. The second-order valence-corrected chi connectivity index (χ2v) is 9.78. The minimum atomic E-state index is -3.60. The number of nitrogens with zero attached hydrogens (tertiary/aromatic N) is 1. The number of anilines is 1. The summed E-state index contributed by atoms with van der Waals surface area (Å²) in [6, 6.07) is 9.80. The maximum atomic E-state index is 12.7. The van der Waals surface area contributed by atoms with Crippen molar-refractivity contribution in [2.24, 2.45) is 0 Å². The third kappa shape index (κ3) is 5.64. The largest absolute Gasteiger partial charge is 0.325 e. The van der Waals surface area contributed by atoms with Crippen LogP contribution >= 0.6 is 35.0 Å². The van der Waals surface area contributed by atoms with E-state index in [1.54, 1.807) is 44.2 Å². The Labute approximate surface area is 180 Å². The lowest BCUT2D eigenvalue weighted by atomic mass is 10.2. The summed E-state index contributed by atoms with van der Waals surface area (Å²) in [5.74, 6) is -0.145. The van der Waals surface area contributed by atoms with Crippen molar-refractivity contribution in [3.05, 3.63) is 52.0 Å². The first-order chi connectivity index (χ1) is 13.2. The molecule has 0 heterocycles. The second kappa shape index (κ2) is 9.98. The van der Waals surface area contributed by atoms with Gasteiger partial charge in [0.2, 0.25) is 15.9 Å². The van der Waals surface area contributed by atoms with Crippen molar-refractivity contribution < 1.29 is 13.2 Å². The molecule has 0 fully saturated rings. The topological polar surface area (TPSA) is 66.5 Å². The van der Waals surface area contributed by atoms with Crippen molar-refractivity contribution in [3.8, 4) is 0 Å². The van der Waals surface area contributed by atoms with Crippen LogP contribution in [-0.4, -0.2) is 37.5 Å². The van der Waals surface area contributed by atoms with Crippen LogP contribution in [0.5, 0.6) is 0 Å². The minimum Gasteiger partial charge on any atom is -0.325 e. The first kappa shape index (κ1) is 23.0. The maximum absolute atomic E-state index is 12.7. The van der Waals surface area contributed by atoms with Gasteiger partial charge in [0.15, 0.2) is 0 Å². The number of rotatable bonds is 8. The van der Waals surface area contributed by atoms with Crippen LogP contribution in [0.1, 0.15) is 19.4 Å². The predicted octanol–water partition coefficient (Wildman–Crippen LogP) is 5.06. The summed E-state index contributed by atoms with van der Waals surface area (Å²) in [7, 11) is -3.60. The van der Waals surface area contributed by atoms with Crippen molar-refractivity contribution in [1.82, 2.24) is 4.31 Å². The third-order valence-corrected chi connectivity index (χ3v) is 7.86. The highest BCUT2D eigenvalue weighted by Gasteiger charge is 2.22. The lowest BCUT2D eigenvalue weighted by Crippen LogP contribution is -2.30. The Balaban J connectivity index is 2.15. The lowest BCUT2D eigenvalue weighted by molar-refractivity contribution is -0.113. The molecular weight excluding hydrogens is 439 g/mol. The van der Waals surface area contributed by atoms with Crippen molar-refractivity contribution in [2.45, 2.75) is 30.6 Å². The molecule has 0 saturated carbocycles. The van der Waals surface area contributed by atoms with Crippen molar-refractivity contribution in [2.75, 3.05) is 24.2 Å². The molecule has 0 radical (unpaired) electrons. The van der Waals surface area contributed by atoms with Gasteiger partial charge in [0.05, 0.1) is 15.7 Å². The first-order valence-electron chi connectivity index (χ1n) is 8.67. The Bertz CT molecular complexity index is 962. The van der Waals surface area contributed by atoms with Crippen molar-refractivity contribution in [3.63, 3.8) is 0 Å².